The van der Waals surface area contributed by atoms with E-state index < -0.39 is 11.9 Å². The van der Waals surface area contributed by atoms with Crippen molar-refractivity contribution < 1.29 is 14.3 Å². The van der Waals surface area contributed by atoms with E-state index in [-0.39, 0.29) is 33.9 Å². The Balaban J connectivity index is 1.94. The van der Waals surface area contributed by atoms with Gasteiger partial charge < -0.3 is 9.64 Å². The molecule has 3 rings (SSSR count). The molecule has 0 spiro atoms. The SMILES string of the molecule is CCOC(=O)c1ccc(N(Cc2c(Cl)cccc2Cl)C(=S)NC(=O)c2cccc(Cl)c2Cl)cc1. The lowest BCUT2D eigenvalue weighted by atomic mass is 10.1. The van der Waals surface area contributed by atoms with E-state index >= 15 is 0 Å². The van der Waals surface area contributed by atoms with Gasteiger partial charge in [0.2, 0.25) is 0 Å². The second kappa shape index (κ2) is 11.9. The Bertz CT molecular complexity index is 1220. The van der Waals surface area contributed by atoms with Crippen LogP contribution in [0.5, 0.6) is 0 Å². The van der Waals surface area contributed by atoms with Crippen LogP contribution in [0.15, 0.2) is 60.7 Å². The molecule has 1 amide bonds. The Labute approximate surface area is 222 Å². The number of anilines is 1. The van der Waals surface area contributed by atoms with E-state index in [2.05, 4.69) is 5.32 Å². The number of halogens is 4. The van der Waals surface area contributed by atoms with E-state index in [1.54, 1.807) is 66.4 Å². The highest BCUT2D eigenvalue weighted by atomic mass is 35.5. The van der Waals surface area contributed by atoms with E-state index in [4.69, 9.17) is 63.4 Å². The molecule has 3 aromatic rings. The van der Waals surface area contributed by atoms with Gasteiger partial charge in [-0.3, -0.25) is 10.1 Å². The molecule has 0 unspecified atom stereocenters. The fourth-order valence-electron chi connectivity index (χ4n) is 3.02. The van der Waals surface area contributed by atoms with Crippen LogP contribution in [0.2, 0.25) is 20.1 Å². The number of amides is 1. The Morgan fingerprint density at radius 3 is 2.12 bits per heavy atom. The largest absolute Gasteiger partial charge is 0.462 e. The molecule has 0 atom stereocenters. The summed E-state index contributed by atoms with van der Waals surface area (Å²) in [6.07, 6.45) is 0. The van der Waals surface area contributed by atoms with Crippen molar-refractivity contribution in [2.24, 2.45) is 0 Å². The van der Waals surface area contributed by atoms with Crippen molar-refractivity contribution in [3.8, 4) is 0 Å². The lowest BCUT2D eigenvalue weighted by molar-refractivity contribution is 0.0526. The first-order valence-electron chi connectivity index (χ1n) is 9.99. The van der Waals surface area contributed by atoms with Crippen LogP contribution in [-0.2, 0) is 11.3 Å². The summed E-state index contributed by atoms with van der Waals surface area (Å²) >= 11 is 30.5. The van der Waals surface area contributed by atoms with Crippen molar-refractivity contribution in [3.63, 3.8) is 0 Å². The van der Waals surface area contributed by atoms with Crippen molar-refractivity contribution in [1.29, 1.82) is 0 Å². The minimum Gasteiger partial charge on any atom is -0.462 e. The standard InChI is InChI=1S/C24H18Cl4N2O3S/c1-2-33-23(32)14-9-11-15(12-10-14)30(13-17-18(25)6-4-7-19(17)26)24(34)29-22(31)16-5-3-8-20(27)21(16)28/h3-12H,2,13H2,1H3,(H,29,31,34). The monoisotopic (exact) mass is 554 g/mol. The lowest BCUT2D eigenvalue weighted by Gasteiger charge is -2.27. The topological polar surface area (TPSA) is 58.6 Å². The molecule has 3 aromatic carbocycles. The Morgan fingerprint density at radius 2 is 1.50 bits per heavy atom. The summed E-state index contributed by atoms with van der Waals surface area (Å²) in [5.41, 5.74) is 1.75. The molecule has 0 fully saturated rings. The van der Waals surface area contributed by atoms with Crippen molar-refractivity contribution in [2.75, 3.05) is 11.5 Å². The predicted octanol–water partition coefficient (Wildman–Crippen LogP) is 7.20. The van der Waals surface area contributed by atoms with Crippen molar-refractivity contribution in [1.82, 2.24) is 5.32 Å². The zero-order valence-electron chi connectivity index (χ0n) is 17.8. The molecule has 0 bridgehead atoms. The fraction of sp³-hybridized carbons (Fsp3) is 0.125. The third-order valence-corrected chi connectivity index (χ3v) is 6.58. The first kappa shape index (κ1) is 26.3. The number of hydrogen-bond donors (Lipinski definition) is 1. The maximum absolute atomic E-state index is 12.9. The number of hydrogen-bond acceptors (Lipinski definition) is 4. The Morgan fingerprint density at radius 1 is 0.912 bits per heavy atom. The van der Waals surface area contributed by atoms with E-state index in [9.17, 15) is 9.59 Å². The molecule has 0 aliphatic carbocycles. The number of rotatable bonds is 6. The van der Waals surface area contributed by atoms with Gasteiger partial charge >= 0.3 is 5.97 Å². The molecule has 0 saturated carbocycles. The number of ether oxygens (including phenoxy) is 1. The summed E-state index contributed by atoms with van der Waals surface area (Å²) in [6, 6.07) is 16.4. The van der Waals surface area contributed by atoms with E-state index in [0.717, 1.165) is 0 Å². The fourth-order valence-corrected chi connectivity index (χ4v) is 4.19. The molecule has 0 aliphatic rings. The van der Waals surface area contributed by atoms with Crippen LogP contribution < -0.4 is 10.2 Å². The van der Waals surface area contributed by atoms with E-state index in [1.165, 1.54) is 6.07 Å². The highest BCUT2D eigenvalue weighted by Crippen LogP contribution is 2.29. The molecular weight excluding hydrogens is 538 g/mol. The third kappa shape index (κ3) is 6.20. The summed E-state index contributed by atoms with van der Waals surface area (Å²) in [5, 5.41) is 3.98. The van der Waals surface area contributed by atoms with Crippen molar-refractivity contribution >= 4 is 81.3 Å². The first-order valence-corrected chi connectivity index (χ1v) is 11.9. The Kier molecular flexibility index (Phi) is 9.17. The summed E-state index contributed by atoms with van der Waals surface area (Å²) in [5.74, 6) is -0.975. The molecule has 1 N–H and O–H groups in total. The number of carbonyl (C=O) groups excluding carboxylic acids is 2. The second-order valence-corrected chi connectivity index (χ2v) is 8.90. The van der Waals surface area contributed by atoms with Crippen LogP contribution in [0, 0.1) is 0 Å². The molecule has 5 nitrogen and oxygen atoms in total. The minimum absolute atomic E-state index is 0.0703. The van der Waals surface area contributed by atoms with E-state index in [0.29, 0.717) is 26.9 Å². The molecule has 176 valence electrons. The average Bonchev–Trinajstić information content (AvgIpc) is 2.81. The van der Waals surface area contributed by atoms with Crippen molar-refractivity contribution in [3.05, 3.63) is 97.4 Å². The van der Waals surface area contributed by atoms with Gasteiger partial charge in [-0.2, -0.15) is 0 Å². The minimum atomic E-state index is -0.532. The lowest BCUT2D eigenvalue weighted by Crippen LogP contribution is -2.42. The van der Waals surface area contributed by atoms with Gasteiger partial charge in [0, 0.05) is 21.3 Å². The molecule has 0 saturated heterocycles. The maximum Gasteiger partial charge on any atom is 0.338 e. The highest BCUT2D eigenvalue weighted by Gasteiger charge is 2.21. The Hall–Kier alpha value is -2.35. The normalized spacial score (nSPS) is 10.5. The molecule has 0 aliphatic heterocycles. The van der Waals surface area contributed by atoms with Gasteiger partial charge in [0.25, 0.3) is 5.91 Å². The number of nitrogens with zero attached hydrogens (tertiary/aromatic N) is 1. The molecule has 0 aromatic heterocycles. The van der Waals surface area contributed by atoms with E-state index in [1.807, 2.05) is 0 Å². The zero-order valence-corrected chi connectivity index (χ0v) is 21.6. The molecular formula is C24H18Cl4N2O3S. The summed E-state index contributed by atoms with van der Waals surface area (Å²) in [7, 11) is 0. The molecule has 0 radical (unpaired) electrons. The smallest absolute Gasteiger partial charge is 0.338 e. The zero-order chi connectivity index (χ0) is 24.8. The number of benzene rings is 3. The van der Waals surface area contributed by atoms with Crippen LogP contribution in [0.1, 0.15) is 33.2 Å². The highest BCUT2D eigenvalue weighted by molar-refractivity contribution is 7.80. The van der Waals surface area contributed by atoms with Crippen LogP contribution in [0.3, 0.4) is 0 Å². The third-order valence-electron chi connectivity index (χ3n) is 4.73. The molecule has 34 heavy (non-hydrogen) atoms. The van der Waals surface area contributed by atoms with Gasteiger partial charge in [0.15, 0.2) is 5.11 Å². The maximum atomic E-state index is 12.9. The number of nitrogens with one attached hydrogen (secondary N) is 1. The van der Waals surface area contributed by atoms with Crippen LogP contribution in [0.25, 0.3) is 0 Å². The van der Waals surface area contributed by atoms with Gasteiger partial charge in [-0.05, 0) is 67.7 Å². The number of thiocarbonyl (C=S) groups is 1. The van der Waals surface area contributed by atoms with Crippen LogP contribution in [-0.4, -0.2) is 23.6 Å². The summed E-state index contributed by atoms with van der Waals surface area (Å²) in [6.45, 7) is 2.15. The second-order valence-electron chi connectivity index (χ2n) is 6.91. The van der Waals surface area contributed by atoms with Gasteiger partial charge in [-0.15, -0.1) is 0 Å². The predicted molar refractivity (Wildman–Crippen MR) is 142 cm³/mol. The molecule has 0 heterocycles. The van der Waals surface area contributed by atoms with Gasteiger partial charge in [0.05, 0.1) is 34.3 Å². The van der Waals surface area contributed by atoms with Crippen LogP contribution >= 0.6 is 58.6 Å². The van der Waals surface area contributed by atoms with Gasteiger partial charge in [0.1, 0.15) is 0 Å². The summed E-state index contributed by atoms with van der Waals surface area (Å²) < 4.78 is 5.03. The number of esters is 1. The van der Waals surface area contributed by atoms with Crippen molar-refractivity contribution in [2.45, 2.75) is 13.5 Å². The molecule has 10 heteroatoms. The van der Waals surface area contributed by atoms with Crippen LogP contribution in [0.4, 0.5) is 5.69 Å². The summed E-state index contributed by atoms with van der Waals surface area (Å²) in [4.78, 5) is 26.5. The first-order chi connectivity index (χ1) is 16.2. The van der Waals surface area contributed by atoms with Gasteiger partial charge in [-0.25, -0.2) is 4.79 Å². The average molecular weight is 556 g/mol. The quantitative estimate of drug-likeness (QED) is 0.257. The number of carbonyl (C=O) groups is 2. The van der Waals surface area contributed by atoms with Gasteiger partial charge in [-0.1, -0.05) is 58.5 Å².